The van der Waals surface area contributed by atoms with Crippen molar-refractivity contribution in [3.63, 3.8) is 0 Å². The van der Waals surface area contributed by atoms with Crippen molar-refractivity contribution < 1.29 is 4.42 Å². The molecule has 0 aliphatic rings. The minimum atomic E-state index is -0.189. The number of hydrogen-bond donors (Lipinski definition) is 1. The van der Waals surface area contributed by atoms with Crippen molar-refractivity contribution in [2.45, 2.75) is 26.8 Å². The van der Waals surface area contributed by atoms with Gasteiger partial charge in [-0.1, -0.05) is 17.7 Å². The van der Waals surface area contributed by atoms with Crippen LogP contribution in [0.25, 0.3) is 0 Å². The maximum absolute atomic E-state index is 6.28. The Balaban J connectivity index is 2.46. The zero-order valence-corrected chi connectivity index (χ0v) is 11.0. The Labute approximate surface area is 106 Å². The molecule has 0 aliphatic carbocycles. The van der Waals surface area contributed by atoms with Crippen LogP contribution in [0.4, 0.5) is 0 Å². The Bertz CT molecular complexity index is 545. The third-order valence-electron chi connectivity index (χ3n) is 2.99. The minimum Gasteiger partial charge on any atom is -0.466 e. The summed E-state index contributed by atoms with van der Waals surface area (Å²) in [7, 11) is 0. The van der Waals surface area contributed by atoms with Gasteiger partial charge in [0.15, 0.2) is 0 Å². The summed E-state index contributed by atoms with van der Waals surface area (Å²) in [4.78, 5) is 0. The van der Waals surface area contributed by atoms with E-state index < -0.39 is 0 Å². The molecule has 2 N–H and O–H groups in total. The summed E-state index contributed by atoms with van der Waals surface area (Å²) in [5.74, 6) is 1.75. The maximum Gasteiger partial charge on any atom is 0.106 e. The van der Waals surface area contributed by atoms with Crippen molar-refractivity contribution in [2.24, 2.45) is 5.73 Å². The number of rotatable bonds is 2. The fourth-order valence-electron chi connectivity index (χ4n) is 2.07. The zero-order chi connectivity index (χ0) is 12.6. The van der Waals surface area contributed by atoms with Crippen LogP contribution in [0.5, 0.6) is 0 Å². The molecule has 90 valence electrons. The number of aryl methyl sites for hydroxylation is 3. The van der Waals surface area contributed by atoms with E-state index in [0.717, 1.165) is 28.2 Å². The van der Waals surface area contributed by atoms with Crippen LogP contribution in [0.3, 0.4) is 0 Å². The highest BCUT2D eigenvalue weighted by atomic mass is 35.5. The van der Waals surface area contributed by atoms with Gasteiger partial charge in [-0.25, -0.2) is 0 Å². The van der Waals surface area contributed by atoms with E-state index in [0.29, 0.717) is 5.02 Å². The Morgan fingerprint density at radius 3 is 2.41 bits per heavy atom. The fourth-order valence-corrected chi connectivity index (χ4v) is 2.25. The Morgan fingerprint density at radius 2 is 1.82 bits per heavy atom. The molecular weight excluding hydrogens is 234 g/mol. The molecule has 0 saturated carbocycles. The Kier molecular flexibility index (Phi) is 3.27. The van der Waals surface area contributed by atoms with Gasteiger partial charge in [0.05, 0.1) is 6.04 Å². The summed E-state index contributed by atoms with van der Waals surface area (Å²) in [6, 6.07) is 7.58. The number of furan rings is 1. The van der Waals surface area contributed by atoms with Crippen molar-refractivity contribution in [1.82, 2.24) is 0 Å². The van der Waals surface area contributed by atoms with Crippen LogP contribution in [0, 0.1) is 20.8 Å². The van der Waals surface area contributed by atoms with Crippen molar-refractivity contribution >= 4 is 11.6 Å². The molecule has 1 aromatic carbocycles. The lowest BCUT2D eigenvalue weighted by Gasteiger charge is -2.14. The van der Waals surface area contributed by atoms with E-state index in [-0.39, 0.29) is 6.04 Å². The molecule has 17 heavy (non-hydrogen) atoms. The quantitative estimate of drug-likeness (QED) is 0.877. The number of hydrogen-bond acceptors (Lipinski definition) is 2. The standard InChI is InChI=1S/C14H16ClNO/c1-8-4-5-11(15)7-12(8)14(16)13-6-9(2)17-10(13)3/h4-7,14H,16H2,1-3H3. The van der Waals surface area contributed by atoms with Crippen LogP contribution in [0.2, 0.25) is 5.02 Å². The van der Waals surface area contributed by atoms with Crippen LogP contribution >= 0.6 is 11.6 Å². The van der Waals surface area contributed by atoms with E-state index in [9.17, 15) is 0 Å². The lowest BCUT2D eigenvalue weighted by atomic mass is 9.96. The second-order valence-corrected chi connectivity index (χ2v) is 4.78. The molecule has 3 heteroatoms. The summed E-state index contributed by atoms with van der Waals surface area (Å²) in [5.41, 5.74) is 9.48. The maximum atomic E-state index is 6.28. The highest BCUT2D eigenvalue weighted by Crippen LogP contribution is 2.29. The Hall–Kier alpha value is -1.25. The predicted molar refractivity (Wildman–Crippen MR) is 70.4 cm³/mol. The predicted octanol–water partition coefficient (Wildman–Crippen LogP) is 3.91. The van der Waals surface area contributed by atoms with E-state index in [1.165, 1.54) is 0 Å². The first-order valence-electron chi connectivity index (χ1n) is 5.57. The van der Waals surface area contributed by atoms with Crippen LogP contribution < -0.4 is 5.73 Å². The molecule has 0 radical (unpaired) electrons. The average Bonchev–Trinajstić information content (AvgIpc) is 2.60. The zero-order valence-electron chi connectivity index (χ0n) is 10.3. The third kappa shape index (κ3) is 2.38. The summed E-state index contributed by atoms with van der Waals surface area (Å²) in [6.07, 6.45) is 0. The molecule has 0 saturated heterocycles. The van der Waals surface area contributed by atoms with Crippen molar-refractivity contribution in [3.8, 4) is 0 Å². The molecule has 0 amide bonds. The molecule has 1 atom stereocenters. The molecule has 2 aromatic rings. The molecule has 1 heterocycles. The van der Waals surface area contributed by atoms with E-state index in [2.05, 4.69) is 0 Å². The highest BCUT2D eigenvalue weighted by molar-refractivity contribution is 6.30. The third-order valence-corrected chi connectivity index (χ3v) is 3.23. The molecule has 1 aromatic heterocycles. The lowest BCUT2D eigenvalue weighted by Crippen LogP contribution is -2.13. The van der Waals surface area contributed by atoms with Gasteiger partial charge in [-0.05, 0) is 50.1 Å². The highest BCUT2D eigenvalue weighted by Gasteiger charge is 2.17. The van der Waals surface area contributed by atoms with Crippen molar-refractivity contribution in [3.05, 3.63) is 57.5 Å². The summed E-state index contributed by atoms with van der Waals surface area (Å²) >= 11 is 6.01. The van der Waals surface area contributed by atoms with Gasteiger partial charge in [-0.15, -0.1) is 0 Å². The molecule has 0 spiro atoms. The van der Waals surface area contributed by atoms with Gasteiger partial charge in [-0.2, -0.15) is 0 Å². The second kappa shape index (κ2) is 4.55. The first-order valence-corrected chi connectivity index (χ1v) is 5.95. The summed E-state index contributed by atoms with van der Waals surface area (Å²) in [5, 5.41) is 0.707. The number of halogens is 1. The van der Waals surface area contributed by atoms with E-state index >= 15 is 0 Å². The molecule has 0 fully saturated rings. The average molecular weight is 250 g/mol. The van der Waals surface area contributed by atoms with Gasteiger partial charge in [0.2, 0.25) is 0 Å². The van der Waals surface area contributed by atoms with Crippen LogP contribution in [0.1, 0.15) is 34.3 Å². The number of benzene rings is 1. The van der Waals surface area contributed by atoms with Crippen LogP contribution in [0.15, 0.2) is 28.7 Å². The van der Waals surface area contributed by atoms with E-state index in [1.54, 1.807) is 0 Å². The van der Waals surface area contributed by atoms with Gasteiger partial charge in [0.1, 0.15) is 11.5 Å². The second-order valence-electron chi connectivity index (χ2n) is 4.35. The first-order chi connectivity index (χ1) is 7.99. The minimum absolute atomic E-state index is 0.189. The molecule has 2 rings (SSSR count). The fraction of sp³-hybridized carbons (Fsp3) is 0.286. The first kappa shape index (κ1) is 12.2. The van der Waals surface area contributed by atoms with Crippen LogP contribution in [-0.4, -0.2) is 0 Å². The molecular formula is C14H16ClNO. The molecule has 0 bridgehead atoms. The molecule has 1 unspecified atom stereocenters. The van der Waals surface area contributed by atoms with Crippen molar-refractivity contribution in [1.29, 1.82) is 0 Å². The lowest BCUT2D eigenvalue weighted by molar-refractivity contribution is 0.499. The van der Waals surface area contributed by atoms with Gasteiger partial charge in [-0.3, -0.25) is 0 Å². The normalized spacial score (nSPS) is 12.8. The molecule has 0 aliphatic heterocycles. The largest absolute Gasteiger partial charge is 0.466 e. The monoisotopic (exact) mass is 249 g/mol. The SMILES string of the molecule is Cc1cc(C(N)c2cc(Cl)ccc2C)c(C)o1. The van der Waals surface area contributed by atoms with Crippen LogP contribution in [-0.2, 0) is 0 Å². The van der Waals surface area contributed by atoms with Gasteiger partial charge in [0, 0.05) is 10.6 Å². The summed E-state index contributed by atoms with van der Waals surface area (Å²) in [6.45, 7) is 5.89. The topological polar surface area (TPSA) is 39.2 Å². The Morgan fingerprint density at radius 1 is 1.12 bits per heavy atom. The molecule has 2 nitrogen and oxygen atoms in total. The smallest absolute Gasteiger partial charge is 0.106 e. The van der Waals surface area contributed by atoms with Crippen molar-refractivity contribution in [2.75, 3.05) is 0 Å². The van der Waals surface area contributed by atoms with Gasteiger partial charge < -0.3 is 10.2 Å². The number of nitrogens with two attached hydrogens (primary N) is 1. The van der Waals surface area contributed by atoms with Gasteiger partial charge >= 0.3 is 0 Å². The summed E-state index contributed by atoms with van der Waals surface area (Å²) < 4.78 is 5.51. The van der Waals surface area contributed by atoms with E-state index in [4.69, 9.17) is 21.8 Å². The van der Waals surface area contributed by atoms with Gasteiger partial charge in [0.25, 0.3) is 0 Å². The van der Waals surface area contributed by atoms with E-state index in [1.807, 2.05) is 45.0 Å².